The topological polar surface area (TPSA) is 71.0 Å². The molecule has 0 radical (unpaired) electrons. The van der Waals surface area contributed by atoms with Crippen LogP contribution in [0.1, 0.15) is 42.4 Å². The third-order valence-electron chi connectivity index (χ3n) is 4.77. The third-order valence-corrected chi connectivity index (χ3v) is 4.77. The number of likely N-dealkylation sites (N-methyl/N-ethyl adjacent to an activating group) is 1. The van der Waals surface area contributed by atoms with E-state index in [0.29, 0.717) is 11.5 Å². The van der Waals surface area contributed by atoms with E-state index < -0.39 is 0 Å². The zero-order valence-corrected chi connectivity index (χ0v) is 17.4. The van der Waals surface area contributed by atoms with Crippen molar-refractivity contribution < 1.29 is 4.79 Å². The first kappa shape index (κ1) is 20.5. The van der Waals surface area contributed by atoms with E-state index in [4.69, 9.17) is 0 Å². The Morgan fingerprint density at radius 2 is 1.72 bits per heavy atom. The summed E-state index contributed by atoms with van der Waals surface area (Å²) in [6, 6.07) is 13.6. The summed E-state index contributed by atoms with van der Waals surface area (Å²) in [5.74, 6) is 0.460. The van der Waals surface area contributed by atoms with Gasteiger partial charge in [-0.1, -0.05) is 32.9 Å². The van der Waals surface area contributed by atoms with E-state index in [0.717, 1.165) is 18.7 Å². The number of nitrogens with one attached hydrogen (secondary N) is 1. The molecule has 3 aromatic rings. The summed E-state index contributed by atoms with van der Waals surface area (Å²) in [7, 11) is 1.95. The van der Waals surface area contributed by atoms with Gasteiger partial charge in [-0.3, -0.25) is 9.78 Å². The third kappa shape index (κ3) is 5.60. The van der Waals surface area contributed by atoms with Crippen LogP contribution in [0, 0.1) is 0 Å². The number of anilines is 2. The van der Waals surface area contributed by atoms with E-state index >= 15 is 0 Å². The fourth-order valence-electron chi connectivity index (χ4n) is 2.89. The van der Waals surface area contributed by atoms with Crippen molar-refractivity contribution in [2.45, 2.75) is 32.6 Å². The molecule has 2 aromatic heterocycles. The summed E-state index contributed by atoms with van der Waals surface area (Å²) in [6.07, 6.45) is 5.87. The van der Waals surface area contributed by atoms with Crippen LogP contribution in [0.2, 0.25) is 0 Å². The molecule has 0 saturated heterocycles. The Hall–Kier alpha value is -3.28. The van der Waals surface area contributed by atoms with Gasteiger partial charge in [-0.15, -0.1) is 0 Å². The molecule has 0 bridgehead atoms. The predicted octanol–water partition coefficient (Wildman–Crippen LogP) is 4.10. The molecule has 0 unspecified atom stereocenters. The van der Waals surface area contributed by atoms with Gasteiger partial charge in [0.15, 0.2) is 0 Å². The summed E-state index contributed by atoms with van der Waals surface area (Å²) < 4.78 is 0. The lowest BCUT2D eigenvalue weighted by Gasteiger charge is -2.19. The number of pyridine rings is 1. The molecular weight excluding hydrogens is 362 g/mol. The number of benzene rings is 1. The lowest BCUT2D eigenvalue weighted by Crippen LogP contribution is -2.23. The molecule has 0 saturated carbocycles. The van der Waals surface area contributed by atoms with Gasteiger partial charge in [0.1, 0.15) is 17.8 Å². The molecule has 2 heterocycles. The number of rotatable bonds is 6. The van der Waals surface area contributed by atoms with Crippen molar-refractivity contribution >= 4 is 17.4 Å². The lowest BCUT2D eigenvalue weighted by molar-refractivity contribution is 0.102. The highest BCUT2D eigenvalue weighted by Crippen LogP contribution is 2.23. The van der Waals surface area contributed by atoms with E-state index in [-0.39, 0.29) is 11.3 Å². The highest BCUT2D eigenvalue weighted by Gasteiger charge is 2.14. The molecule has 6 heteroatoms. The van der Waals surface area contributed by atoms with Crippen molar-refractivity contribution in [2.75, 3.05) is 23.8 Å². The van der Waals surface area contributed by atoms with Crippen molar-refractivity contribution in [1.29, 1.82) is 0 Å². The highest BCUT2D eigenvalue weighted by atomic mass is 16.1. The highest BCUT2D eigenvalue weighted by molar-refractivity contribution is 6.03. The minimum Gasteiger partial charge on any atom is -0.359 e. The summed E-state index contributed by atoms with van der Waals surface area (Å²) in [6.45, 7) is 7.26. The van der Waals surface area contributed by atoms with Gasteiger partial charge < -0.3 is 10.2 Å². The minimum absolute atomic E-state index is 0.0743. The molecule has 6 nitrogen and oxygen atoms in total. The molecule has 0 spiro atoms. The number of carbonyl (C=O) groups is 1. The van der Waals surface area contributed by atoms with E-state index in [1.54, 1.807) is 18.5 Å². The van der Waals surface area contributed by atoms with E-state index in [1.165, 1.54) is 17.5 Å². The Bertz CT molecular complexity index is 949. The molecule has 1 N–H and O–H groups in total. The number of nitrogens with zero attached hydrogens (tertiary/aromatic N) is 4. The van der Waals surface area contributed by atoms with Crippen LogP contribution in [0.5, 0.6) is 0 Å². The average molecular weight is 390 g/mol. The van der Waals surface area contributed by atoms with Crippen molar-refractivity contribution in [3.8, 4) is 0 Å². The maximum atomic E-state index is 12.6. The molecule has 3 rings (SSSR count). The number of aromatic nitrogens is 3. The van der Waals surface area contributed by atoms with Gasteiger partial charge >= 0.3 is 0 Å². The molecule has 29 heavy (non-hydrogen) atoms. The standard InChI is InChI=1S/C23H27N5O/c1-23(2,3)18-5-7-19(8-6-18)27-22(29)20-15-21(26-16-25-20)28(4)14-11-17-9-12-24-13-10-17/h5-10,12-13,15-16H,11,14H2,1-4H3,(H,27,29). The fraction of sp³-hybridized carbons (Fsp3) is 0.304. The SMILES string of the molecule is CN(CCc1ccncc1)c1cc(C(=O)Nc2ccc(C(C)(C)C)cc2)ncn1. The van der Waals surface area contributed by atoms with E-state index in [2.05, 4.69) is 41.0 Å². The van der Waals surface area contributed by atoms with Gasteiger partial charge in [-0.05, 0) is 47.2 Å². The van der Waals surface area contributed by atoms with Crippen LogP contribution in [0.25, 0.3) is 0 Å². The maximum absolute atomic E-state index is 12.6. The van der Waals surface area contributed by atoms with Crippen LogP contribution in [0.4, 0.5) is 11.5 Å². The Balaban J connectivity index is 1.64. The van der Waals surface area contributed by atoms with Crippen molar-refractivity contribution in [2.24, 2.45) is 0 Å². The van der Waals surface area contributed by atoms with Gasteiger partial charge in [-0.2, -0.15) is 0 Å². The minimum atomic E-state index is -0.250. The van der Waals surface area contributed by atoms with Crippen LogP contribution < -0.4 is 10.2 Å². The fourth-order valence-corrected chi connectivity index (χ4v) is 2.89. The molecule has 150 valence electrons. The molecule has 0 fully saturated rings. The number of amides is 1. The number of carbonyl (C=O) groups excluding carboxylic acids is 1. The zero-order chi connectivity index (χ0) is 20.9. The van der Waals surface area contributed by atoms with Gasteiger partial charge in [0.05, 0.1) is 0 Å². The number of hydrogen-bond acceptors (Lipinski definition) is 5. The second-order valence-corrected chi connectivity index (χ2v) is 8.07. The molecule has 1 amide bonds. The average Bonchev–Trinajstić information content (AvgIpc) is 2.72. The van der Waals surface area contributed by atoms with Crippen molar-refractivity contribution in [1.82, 2.24) is 15.0 Å². The molecule has 0 aliphatic rings. The first-order chi connectivity index (χ1) is 13.8. The molecule has 0 aliphatic carbocycles. The van der Waals surface area contributed by atoms with E-state index in [9.17, 15) is 4.79 Å². The van der Waals surface area contributed by atoms with Crippen molar-refractivity contribution in [3.05, 3.63) is 78.0 Å². The van der Waals surface area contributed by atoms with Gasteiger partial charge in [0, 0.05) is 37.7 Å². The smallest absolute Gasteiger partial charge is 0.274 e. The first-order valence-electron chi connectivity index (χ1n) is 9.67. The van der Waals surface area contributed by atoms with Crippen LogP contribution >= 0.6 is 0 Å². The first-order valence-corrected chi connectivity index (χ1v) is 9.67. The quantitative estimate of drug-likeness (QED) is 0.687. The second-order valence-electron chi connectivity index (χ2n) is 8.07. The van der Waals surface area contributed by atoms with E-state index in [1.807, 2.05) is 48.3 Å². The summed E-state index contributed by atoms with van der Waals surface area (Å²) in [4.78, 5) is 27.1. The maximum Gasteiger partial charge on any atom is 0.274 e. The Labute approximate surface area is 172 Å². The van der Waals surface area contributed by atoms with Crippen LogP contribution in [0.15, 0.2) is 61.2 Å². The van der Waals surface area contributed by atoms with Crippen LogP contribution in [0.3, 0.4) is 0 Å². The van der Waals surface area contributed by atoms with Crippen molar-refractivity contribution in [3.63, 3.8) is 0 Å². The van der Waals surface area contributed by atoms with Gasteiger partial charge in [-0.25, -0.2) is 9.97 Å². The summed E-state index contributed by atoms with van der Waals surface area (Å²) in [5.41, 5.74) is 3.58. The molecular formula is C23H27N5O. The van der Waals surface area contributed by atoms with Gasteiger partial charge in [0.25, 0.3) is 5.91 Å². The zero-order valence-electron chi connectivity index (χ0n) is 17.4. The Kier molecular flexibility index (Phi) is 6.22. The lowest BCUT2D eigenvalue weighted by atomic mass is 9.87. The summed E-state index contributed by atoms with van der Waals surface area (Å²) >= 11 is 0. The Morgan fingerprint density at radius 1 is 1.03 bits per heavy atom. The monoisotopic (exact) mass is 389 g/mol. The molecule has 0 atom stereocenters. The normalized spacial score (nSPS) is 11.2. The predicted molar refractivity (Wildman–Crippen MR) is 116 cm³/mol. The second kappa shape index (κ2) is 8.82. The number of hydrogen-bond donors (Lipinski definition) is 1. The van der Waals surface area contributed by atoms with Crippen LogP contribution in [-0.2, 0) is 11.8 Å². The summed E-state index contributed by atoms with van der Waals surface area (Å²) in [5, 5.41) is 2.91. The largest absolute Gasteiger partial charge is 0.359 e. The van der Waals surface area contributed by atoms with Crippen LogP contribution in [-0.4, -0.2) is 34.5 Å². The Morgan fingerprint density at radius 3 is 2.38 bits per heavy atom. The van der Waals surface area contributed by atoms with Gasteiger partial charge in [0.2, 0.25) is 0 Å². The molecule has 1 aromatic carbocycles. The molecule has 0 aliphatic heterocycles.